The van der Waals surface area contributed by atoms with Crippen LogP contribution < -0.4 is 11.1 Å². The van der Waals surface area contributed by atoms with Gasteiger partial charge >= 0.3 is 0 Å². The molecule has 0 radical (unpaired) electrons. The lowest BCUT2D eigenvalue weighted by Gasteiger charge is -2.17. The van der Waals surface area contributed by atoms with E-state index in [4.69, 9.17) is 5.73 Å². The van der Waals surface area contributed by atoms with Crippen molar-refractivity contribution in [1.82, 2.24) is 10.3 Å². The predicted molar refractivity (Wildman–Crippen MR) is 74.2 cm³/mol. The average molecular weight is 255 g/mol. The first-order valence-corrected chi connectivity index (χ1v) is 6.20. The van der Waals surface area contributed by atoms with E-state index < -0.39 is 6.04 Å². The van der Waals surface area contributed by atoms with Gasteiger partial charge in [-0.25, -0.2) is 0 Å². The van der Waals surface area contributed by atoms with Crippen LogP contribution in [0.3, 0.4) is 0 Å². The van der Waals surface area contributed by atoms with Crippen LogP contribution in [-0.2, 0) is 4.79 Å². The summed E-state index contributed by atoms with van der Waals surface area (Å²) in [5.74, 6) is -0.204. The Labute approximate surface area is 112 Å². The van der Waals surface area contributed by atoms with Gasteiger partial charge in [-0.3, -0.25) is 9.78 Å². The number of nitrogens with one attached hydrogen (secondary N) is 1. The highest BCUT2D eigenvalue weighted by molar-refractivity contribution is 5.83. The maximum absolute atomic E-state index is 12.1. The van der Waals surface area contributed by atoms with Crippen molar-refractivity contribution in [3.8, 4) is 0 Å². The molecule has 3 N–H and O–H groups in total. The minimum absolute atomic E-state index is 0.163. The summed E-state index contributed by atoms with van der Waals surface area (Å²) in [6.45, 7) is 1.89. The van der Waals surface area contributed by atoms with Crippen molar-refractivity contribution in [3.63, 3.8) is 0 Å². The van der Waals surface area contributed by atoms with Gasteiger partial charge in [0.05, 0.1) is 11.7 Å². The second kappa shape index (κ2) is 6.11. The molecule has 2 rings (SSSR count). The van der Waals surface area contributed by atoms with E-state index in [-0.39, 0.29) is 11.9 Å². The number of nitrogens with two attached hydrogens (primary N) is 1. The minimum atomic E-state index is -0.660. The zero-order chi connectivity index (χ0) is 13.7. The average Bonchev–Trinajstić information content (AvgIpc) is 2.48. The molecule has 1 aromatic carbocycles. The number of carbonyl (C=O) groups excluding carboxylic acids is 1. The highest BCUT2D eigenvalue weighted by atomic mass is 16.2. The Bertz CT molecular complexity index is 528. The van der Waals surface area contributed by atoms with E-state index in [1.165, 1.54) is 0 Å². The quantitative estimate of drug-likeness (QED) is 0.877. The molecule has 0 aliphatic rings. The van der Waals surface area contributed by atoms with Gasteiger partial charge in [0.15, 0.2) is 0 Å². The van der Waals surface area contributed by atoms with Crippen LogP contribution in [0.15, 0.2) is 54.7 Å². The predicted octanol–water partition coefficient (Wildman–Crippen LogP) is 1.96. The molecular formula is C15H17N3O. The van der Waals surface area contributed by atoms with Crippen molar-refractivity contribution in [2.45, 2.75) is 19.0 Å². The summed E-state index contributed by atoms with van der Waals surface area (Å²) in [6, 6.07) is 14.1. The van der Waals surface area contributed by atoms with Gasteiger partial charge in [-0.05, 0) is 24.6 Å². The van der Waals surface area contributed by atoms with Gasteiger partial charge in [-0.1, -0.05) is 36.4 Å². The molecule has 0 aliphatic heterocycles. The van der Waals surface area contributed by atoms with Crippen molar-refractivity contribution in [2.75, 3.05) is 0 Å². The van der Waals surface area contributed by atoms with Crippen LogP contribution in [0.5, 0.6) is 0 Å². The maximum Gasteiger partial charge on any atom is 0.242 e. The zero-order valence-electron chi connectivity index (χ0n) is 10.8. The minimum Gasteiger partial charge on any atom is -0.346 e. The number of nitrogens with zero attached hydrogens (tertiary/aromatic N) is 1. The molecule has 1 heterocycles. The number of rotatable bonds is 4. The topological polar surface area (TPSA) is 68.0 Å². The fraction of sp³-hybridized carbons (Fsp3) is 0.200. The van der Waals surface area contributed by atoms with Crippen molar-refractivity contribution in [3.05, 3.63) is 66.0 Å². The standard InChI is InChI=1S/C15H17N3O/c1-11(13-9-5-6-10-17-13)18-15(19)14(16)12-7-3-2-4-8-12/h2-11,14H,16H2,1H3,(H,18,19)/t11-,14+/m0/s1. The van der Waals surface area contributed by atoms with Crippen molar-refractivity contribution in [2.24, 2.45) is 5.73 Å². The number of pyridine rings is 1. The largest absolute Gasteiger partial charge is 0.346 e. The van der Waals surface area contributed by atoms with Gasteiger partial charge in [0, 0.05) is 6.20 Å². The summed E-state index contributed by atoms with van der Waals surface area (Å²) in [5.41, 5.74) is 7.55. The molecule has 4 heteroatoms. The molecule has 0 aliphatic carbocycles. The Morgan fingerprint density at radius 3 is 2.47 bits per heavy atom. The fourth-order valence-electron chi connectivity index (χ4n) is 1.82. The Balaban J connectivity index is 2.02. The van der Waals surface area contributed by atoms with Crippen LogP contribution in [0, 0.1) is 0 Å². The maximum atomic E-state index is 12.1. The fourth-order valence-corrected chi connectivity index (χ4v) is 1.82. The molecule has 2 aromatic rings. The third-order valence-electron chi connectivity index (χ3n) is 2.93. The Hall–Kier alpha value is -2.20. The van der Waals surface area contributed by atoms with Crippen molar-refractivity contribution >= 4 is 5.91 Å². The van der Waals surface area contributed by atoms with Crippen molar-refractivity contribution in [1.29, 1.82) is 0 Å². The second-order valence-corrected chi connectivity index (χ2v) is 4.37. The smallest absolute Gasteiger partial charge is 0.242 e. The molecule has 98 valence electrons. The van der Waals surface area contributed by atoms with Crippen LogP contribution in [0.25, 0.3) is 0 Å². The summed E-state index contributed by atoms with van der Waals surface area (Å²) < 4.78 is 0. The van der Waals surface area contributed by atoms with Gasteiger partial charge in [0.1, 0.15) is 6.04 Å². The van der Waals surface area contributed by atoms with Crippen LogP contribution >= 0.6 is 0 Å². The molecule has 0 saturated heterocycles. The van der Waals surface area contributed by atoms with Gasteiger partial charge < -0.3 is 11.1 Å². The summed E-state index contributed by atoms with van der Waals surface area (Å²) in [4.78, 5) is 16.3. The van der Waals surface area contributed by atoms with E-state index in [2.05, 4.69) is 10.3 Å². The molecule has 0 fully saturated rings. The van der Waals surface area contributed by atoms with Gasteiger partial charge in [0.2, 0.25) is 5.91 Å². The first-order valence-electron chi connectivity index (χ1n) is 6.20. The summed E-state index contributed by atoms with van der Waals surface area (Å²) in [7, 11) is 0. The SMILES string of the molecule is C[C@H](NC(=O)[C@H](N)c1ccccc1)c1ccccn1. The lowest BCUT2D eigenvalue weighted by atomic mass is 10.1. The molecule has 0 saturated carbocycles. The number of aromatic nitrogens is 1. The number of hydrogen-bond acceptors (Lipinski definition) is 3. The normalized spacial score (nSPS) is 13.6. The van der Waals surface area contributed by atoms with Crippen LogP contribution in [0.4, 0.5) is 0 Å². The van der Waals surface area contributed by atoms with E-state index in [1.54, 1.807) is 6.20 Å². The van der Waals surface area contributed by atoms with Gasteiger partial charge in [0.25, 0.3) is 0 Å². The number of amides is 1. The monoisotopic (exact) mass is 255 g/mol. The molecular weight excluding hydrogens is 238 g/mol. The lowest BCUT2D eigenvalue weighted by Crippen LogP contribution is -2.35. The van der Waals surface area contributed by atoms with Crippen molar-refractivity contribution < 1.29 is 4.79 Å². The van der Waals surface area contributed by atoms with Crippen LogP contribution in [0.2, 0.25) is 0 Å². The van der Waals surface area contributed by atoms with E-state index in [0.29, 0.717) is 0 Å². The molecule has 0 unspecified atom stereocenters. The first-order chi connectivity index (χ1) is 9.18. The Morgan fingerprint density at radius 1 is 1.16 bits per heavy atom. The molecule has 1 aromatic heterocycles. The summed E-state index contributed by atoms with van der Waals surface area (Å²) in [5, 5.41) is 2.87. The van der Waals surface area contributed by atoms with Gasteiger partial charge in [-0.15, -0.1) is 0 Å². The first kappa shape index (κ1) is 13.2. The highest BCUT2D eigenvalue weighted by Gasteiger charge is 2.18. The van der Waals surface area contributed by atoms with Crippen LogP contribution in [-0.4, -0.2) is 10.9 Å². The Kier molecular flexibility index (Phi) is 4.26. The van der Waals surface area contributed by atoms with Crippen LogP contribution in [0.1, 0.15) is 30.3 Å². The summed E-state index contributed by atoms with van der Waals surface area (Å²) in [6.07, 6.45) is 1.70. The highest BCUT2D eigenvalue weighted by Crippen LogP contribution is 2.13. The summed E-state index contributed by atoms with van der Waals surface area (Å²) >= 11 is 0. The van der Waals surface area contributed by atoms with E-state index in [1.807, 2.05) is 55.5 Å². The second-order valence-electron chi connectivity index (χ2n) is 4.37. The molecule has 1 amide bonds. The third-order valence-corrected chi connectivity index (χ3v) is 2.93. The van der Waals surface area contributed by atoms with E-state index in [0.717, 1.165) is 11.3 Å². The number of benzene rings is 1. The lowest BCUT2D eigenvalue weighted by molar-refractivity contribution is -0.123. The zero-order valence-corrected chi connectivity index (χ0v) is 10.8. The van der Waals surface area contributed by atoms with E-state index >= 15 is 0 Å². The molecule has 4 nitrogen and oxygen atoms in total. The molecule has 19 heavy (non-hydrogen) atoms. The number of hydrogen-bond donors (Lipinski definition) is 2. The molecule has 2 atom stereocenters. The Morgan fingerprint density at radius 2 is 1.84 bits per heavy atom. The molecule has 0 bridgehead atoms. The third kappa shape index (κ3) is 3.39. The molecule has 0 spiro atoms. The number of carbonyl (C=O) groups is 1. The van der Waals surface area contributed by atoms with E-state index in [9.17, 15) is 4.79 Å². The van der Waals surface area contributed by atoms with Gasteiger partial charge in [-0.2, -0.15) is 0 Å².